The van der Waals surface area contributed by atoms with Crippen LogP contribution in [-0.4, -0.2) is 29.1 Å². The zero-order valence-corrected chi connectivity index (χ0v) is 13.6. The number of rotatable bonds is 1. The molecule has 0 saturated heterocycles. The molecule has 2 aromatic rings. The molecule has 0 saturated carbocycles. The fourth-order valence-corrected chi connectivity index (χ4v) is 3.44. The maximum absolute atomic E-state index is 12.4. The Kier molecular flexibility index (Phi) is 3.66. The molecule has 4 nitrogen and oxygen atoms in total. The van der Waals surface area contributed by atoms with Crippen LogP contribution in [0.3, 0.4) is 0 Å². The lowest BCUT2D eigenvalue weighted by molar-refractivity contribution is 0.0850. The number of hydrogen-bond donors (Lipinski definition) is 1. The molecule has 7 heteroatoms. The van der Waals surface area contributed by atoms with Crippen molar-refractivity contribution < 1.29 is 9.82 Å². The van der Waals surface area contributed by atoms with Gasteiger partial charge in [0.25, 0.3) is 5.91 Å². The zero-order chi connectivity index (χ0) is 14.3. The van der Waals surface area contributed by atoms with E-state index in [2.05, 4.69) is 27.7 Å². The number of hydrazone groups is 1. The van der Waals surface area contributed by atoms with Gasteiger partial charge in [0.2, 0.25) is 0 Å². The van der Waals surface area contributed by atoms with E-state index in [9.17, 15) is 9.82 Å². The van der Waals surface area contributed by atoms with Crippen molar-refractivity contribution in [2.75, 3.05) is 0 Å². The van der Waals surface area contributed by atoms with Gasteiger partial charge in [-0.25, -0.2) is 4.92 Å². The van der Waals surface area contributed by atoms with Crippen molar-refractivity contribution in [1.82, 2.24) is 4.92 Å². The van der Waals surface area contributed by atoms with Crippen LogP contribution in [0.2, 0.25) is 0 Å². The number of aryl methyl sites for hydroxylation is 1. The number of hydrogen-bond acceptors (Lipinski definition) is 4. The minimum absolute atomic E-state index is 0.273. The molecule has 0 spiro atoms. The highest BCUT2D eigenvalue weighted by Gasteiger charge is 2.34. The third-order valence-corrected chi connectivity index (χ3v) is 4.82. The van der Waals surface area contributed by atoms with Gasteiger partial charge in [0.05, 0.1) is 11.1 Å². The highest BCUT2D eigenvalue weighted by molar-refractivity contribution is 14.1. The van der Waals surface area contributed by atoms with Crippen LogP contribution >= 0.6 is 33.9 Å². The summed E-state index contributed by atoms with van der Waals surface area (Å²) < 4.78 is 1.06. The van der Waals surface area contributed by atoms with Crippen LogP contribution in [0.15, 0.2) is 34.7 Å². The maximum Gasteiger partial charge on any atom is 0.474 e. The maximum atomic E-state index is 12.4. The molecule has 0 fully saturated rings. The van der Waals surface area contributed by atoms with E-state index >= 15 is 0 Å². The second kappa shape index (κ2) is 5.30. The molecule has 100 valence electrons. The Labute approximate surface area is 134 Å². The minimum Gasteiger partial charge on any atom is -0.427 e. The lowest BCUT2D eigenvalue weighted by Gasteiger charge is -2.24. The summed E-state index contributed by atoms with van der Waals surface area (Å²) >= 11 is 3.56. The van der Waals surface area contributed by atoms with Crippen molar-refractivity contribution in [1.29, 1.82) is 0 Å². The Bertz CT molecular complexity index is 716. The van der Waals surface area contributed by atoms with Gasteiger partial charge in [-0.1, -0.05) is 6.07 Å². The monoisotopic (exact) mass is 396 g/mol. The lowest BCUT2D eigenvalue weighted by atomic mass is 9.69. The van der Waals surface area contributed by atoms with Crippen molar-refractivity contribution in [3.63, 3.8) is 0 Å². The average molecular weight is 396 g/mol. The molecular formula is C13H10BIN2O2S. The summed E-state index contributed by atoms with van der Waals surface area (Å²) in [5.74, 6) is -0.273. The molecule has 3 rings (SSSR count). The first-order valence-electron chi connectivity index (χ1n) is 5.97. The number of halogens is 1. The standard InChI is InChI=1S/C13H10BIN2O2S/c1-8-4-5-20-12(8)13(18)17-14(19)11-3-2-10(15)6-9(11)7-16-17/h2-7,19H,1H3. The number of amides is 1. The summed E-state index contributed by atoms with van der Waals surface area (Å²) in [6.45, 7) is 1.88. The molecule has 0 aliphatic carbocycles. The van der Waals surface area contributed by atoms with Gasteiger partial charge in [0.15, 0.2) is 0 Å². The molecule has 0 bridgehead atoms. The summed E-state index contributed by atoms with van der Waals surface area (Å²) in [6.07, 6.45) is 1.62. The van der Waals surface area contributed by atoms with E-state index in [-0.39, 0.29) is 5.91 Å². The van der Waals surface area contributed by atoms with Gasteiger partial charge < -0.3 is 5.02 Å². The number of benzene rings is 1. The predicted molar refractivity (Wildman–Crippen MR) is 89.6 cm³/mol. The van der Waals surface area contributed by atoms with Crippen molar-refractivity contribution in [3.8, 4) is 0 Å². The molecular weight excluding hydrogens is 386 g/mol. The summed E-state index contributed by atoms with van der Waals surface area (Å²) in [7, 11) is -1.04. The van der Waals surface area contributed by atoms with E-state index in [1.807, 2.05) is 36.6 Å². The van der Waals surface area contributed by atoms with Gasteiger partial charge in [-0.2, -0.15) is 5.10 Å². The van der Waals surface area contributed by atoms with Crippen molar-refractivity contribution in [2.45, 2.75) is 6.92 Å². The third-order valence-electron chi connectivity index (χ3n) is 3.14. The molecule has 1 aromatic carbocycles. The summed E-state index contributed by atoms with van der Waals surface area (Å²) in [5, 5.41) is 16.3. The first-order chi connectivity index (χ1) is 9.58. The molecule has 0 radical (unpaired) electrons. The van der Waals surface area contributed by atoms with E-state index < -0.39 is 7.05 Å². The Morgan fingerprint density at radius 1 is 1.45 bits per heavy atom. The van der Waals surface area contributed by atoms with Crippen molar-refractivity contribution >= 4 is 58.6 Å². The SMILES string of the molecule is Cc1ccsc1C(=O)N1N=Cc2cc(I)ccc2B1O. The van der Waals surface area contributed by atoms with Crippen LogP contribution in [-0.2, 0) is 0 Å². The fourth-order valence-electron chi connectivity index (χ4n) is 2.07. The van der Waals surface area contributed by atoms with Gasteiger partial charge in [0, 0.05) is 3.57 Å². The van der Waals surface area contributed by atoms with E-state index in [1.165, 1.54) is 11.3 Å². The predicted octanol–water partition coefficient (Wildman–Crippen LogP) is 1.84. The molecule has 1 amide bonds. The van der Waals surface area contributed by atoms with E-state index in [1.54, 1.807) is 6.21 Å². The summed E-state index contributed by atoms with van der Waals surface area (Å²) in [4.78, 5) is 14.2. The minimum atomic E-state index is -1.04. The van der Waals surface area contributed by atoms with Crippen molar-refractivity contribution in [2.24, 2.45) is 5.10 Å². The second-order valence-corrected chi connectivity index (χ2v) is 6.64. The fraction of sp³-hybridized carbons (Fsp3) is 0.0769. The number of nitrogens with zero attached hydrogens (tertiary/aromatic N) is 2. The highest BCUT2D eigenvalue weighted by Crippen LogP contribution is 2.20. The van der Waals surface area contributed by atoms with E-state index in [0.29, 0.717) is 10.3 Å². The molecule has 2 heterocycles. The quantitative estimate of drug-likeness (QED) is 0.591. The lowest BCUT2D eigenvalue weighted by Crippen LogP contribution is -2.52. The van der Waals surface area contributed by atoms with Crippen LogP contribution in [0.5, 0.6) is 0 Å². The van der Waals surface area contributed by atoms with Gasteiger partial charge >= 0.3 is 7.05 Å². The van der Waals surface area contributed by atoms with Crippen LogP contribution < -0.4 is 5.46 Å². The van der Waals surface area contributed by atoms with Crippen molar-refractivity contribution in [3.05, 3.63) is 49.2 Å². The van der Waals surface area contributed by atoms with Crippen LogP contribution in [0, 0.1) is 10.5 Å². The zero-order valence-electron chi connectivity index (χ0n) is 10.6. The first kappa shape index (κ1) is 13.8. The second-order valence-electron chi connectivity index (χ2n) is 4.47. The average Bonchev–Trinajstić information content (AvgIpc) is 2.84. The van der Waals surface area contributed by atoms with E-state index in [4.69, 9.17) is 0 Å². The Balaban J connectivity index is 1.97. The molecule has 0 atom stereocenters. The normalized spacial score (nSPS) is 13.6. The van der Waals surface area contributed by atoms with E-state index in [0.717, 1.165) is 19.6 Å². The van der Waals surface area contributed by atoms with Gasteiger partial charge in [0.1, 0.15) is 0 Å². The third kappa shape index (κ3) is 2.29. The topological polar surface area (TPSA) is 52.9 Å². The summed E-state index contributed by atoms with van der Waals surface area (Å²) in [6, 6.07) is 7.55. The number of thiophene rings is 1. The molecule has 1 N–H and O–H groups in total. The first-order valence-corrected chi connectivity index (χ1v) is 7.93. The van der Waals surface area contributed by atoms with Gasteiger partial charge in [-0.15, -0.1) is 11.3 Å². The molecule has 1 aliphatic heterocycles. The number of carbonyl (C=O) groups is 1. The Morgan fingerprint density at radius 2 is 2.25 bits per heavy atom. The Morgan fingerprint density at radius 3 is 2.95 bits per heavy atom. The number of fused-ring (bicyclic) bond motifs is 1. The molecule has 1 aromatic heterocycles. The van der Waals surface area contributed by atoms with Gasteiger partial charge in [-0.05, 0) is 69.7 Å². The van der Waals surface area contributed by atoms with Crippen LogP contribution in [0.4, 0.5) is 0 Å². The van der Waals surface area contributed by atoms with Gasteiger partial charge in [-0.3, -0.25) is 4.79 Å². The molecule has 0 unspecified atom stereocenters. The van der Waals surface area contributed by atoms with Crippen LogP contribution in [0.1, 0.15) is 20.8 Å². The largest absolute Gasteiger partial charge is 0.474 e. The molecule has 20 heavy (non-hydrogen) atoms. The Hall–Kier alpha value is -1.19. The molecule has 1 aliphatic rings. The number of carbonyl (C=O) groups excluding carboxylic acids is 1. The highest BCUT2D eigenvalue weighted by atomic mass is 127. The smallest absolute Gasteiger partial charge is 0.427 e. The summed E-state index contributed by atoms with van der Waals surface area (Å²) in [5.41, 5.74) is 2.44. The van der Waals surface area contributed by atoms with Crippen LogP contribution in [0.25, 0.3) is 0 Å².